The van der Waals surface area contributed by atoms with Gasteiger partial charge in [0.25, 0.3) is 0 Å². The van der Waals surface area contributed by atoms with E-state index in [-0.39, 0.29) is 5.69 Å². The van der Waals surface area contributed by atoms with Crippen LogP contribution in [-0.4, -0.2) is 23.1 Å². The van der Waals surface area contributed by atoms with Gasteiger partial charge in [-0.1, -0.05) is 0 Å². The van der Waals surface area contributed by atoms with E-state index in [1.165, 1.54) is 12.4 Å². The monoisotopic (exact) mass is 265 g/mol. The van der Waals surface area contributed by atoms with Crippen molar-refractivity contribution in [3.63, 3.8) is 0 Å². The predicted octanol–water partition coefficient (Wildman–Crippen LogP) is 1.71. The van der Waals surface area contributed by atoms with Crippen LogP contribution in [0.15, 0.2) is 36.7 Å². The number of ether oxygens (including phenoxy) is 1. The molecule has 20 heavy (non-hydrogen) atoms. The summed E-state index contributed by atoms with van der Waals surface area (Å²) in [6.45, 7) is 0.903. The zero-order valence-electron chi connectivity index (χ0n) is 10.6. The molecule has 1 N–H and O–H groups in total. The lowest BCUT2D eigenvalue weighted by molar-refractivity contribution is 0.332. The Morgan fingerprint density at radius 1 is 1.05 bits per heavy atom. The standard InChI is InChI=1S/C14H11N5O/c15-9-11-1-3-12(4-2-11)20-8-7-19-14-13(10-16)17-5-6-18-14/h1-6H,7-8H2,(H,18,19). The molecule has 1 aromatic carbocycles. The van der Waals surface area contributed by atoms with Crippen LogP contribution in [0.4, 0.5) is 5.82 Å². The maximum Gasteiger partial charge on any atom is 0.182 e. The van der Waals surface area contributed by atoms with Crippen molar-refractivity contribution in [1.29, 1.82) is 10.5 Å². The van der Waals surface area contributed by atoms with Gasteiger partial charge in [0, 0.05) is 12.4 Å². The smallest absolute Gasteiger partial charge is 0.182 e. The molecule has 0 aliphatic carbocycles. The second kappa shape index (κ2) is 6.72. The molecule has 0 aliphatic rings. The number of anilines is 1. The fourth-order valence-corrected chi connectivity index (χ4v) is 1.51. The average molecular weight is 265 g/mol. The Morgan fingerprint density at radius 2 is 1.80 bits per heavy atom. The van der Waals surface area contributed by atoms with E-state index in [1.54, 1.807) is 24.3 Å². The first-order valence-electron chi connectivity index (χ1n) is 5.91. The Morgan fingerprint density at radius 3 is 2.50 bits per heavy atom. The van der Waals surface area contributed by atoms with Gasteiger partial charge in [0.2, 0.25) is 0 Å². The molecule has 0 bridgehead atoms. The first-order valence-corrected chi connectivity index (χ1v) is 5.91. The molecule has 6 nitrogen and oxygen atoms in total. The summed E-state index contributed by atoms with van der Waals surface area (Å²) in [5.74, 6) is 1.13. The van der Waals surface area contributed by atoms with Gasteiger partial charge in [0.15, 0.2) is 11.5 Å². The van der Waals surface area contributed by atoms with Crippen molar-refractivity contribution in [1.82, 2.24) is 9.97 Å². The number of nitriles is 2. The van der Waals surface area contributed by atoms with Crippen molar-refractivity contribution in [3.05, 3.63) is 47.9 Å². The van der Waals surface area contributed by atoms with E-state index >= 15 is 0 Å². The van der Waals surface area contributed by atoms with E-state index in [9.17, 15) is 0 Å². The third kappa shape index (κ3) is 3.44. The van der Waals surface area contributed by atoms with Crippen LogP contribution in [0.25, 0.3) is 0 Å². The summed E-state index contributed by atoms with van der Waals surface area (Å²) in [6.07, 6.45) is 2.99. The van der Waals surface area contributed by atoms with Crippen LogP contribution in [0.5, 0.6) is 5.75 Å². The molecule has 0 spiro atoms. The predicted molar refractivity (Wildman–Crippen MR) is 71.9 cm³/mol. The lowest BCUT2D eigenvalue weighted by Gasteiger charge is -2.08. The highest BCUT2D eigenvalue weighted by atomic mass is 16.5. The summed E-state index contributed by atoms with van der Waals surface area (Å²) in [5.41, 5.74) is 0.847. The summed E-state index contributed by atoms with van der Waals surface area (Å²) >= 11 is 0. The highest BCUT2D eigenvalue weighted by molar-refractivity contribution is 5.46. The second-order valence-electron chi connectivity index (χ2n) is 3.78. The molecule has 0 aliphatic heterocycles. The van der Waals surface area contributed by atoms with Gasteiger partial charge in [0.1, 0.15) is 18.4 Å². The van der Waals surface area contributed by atoms with Crippen LogP contribution < -0.4 is 10.1 Å². The number of nitrogens with one attached hydrogen (secondary N) is 1. The first kappa shape index (κ1) is 13.3. The molecule has 0 amide bonds. The van der Waals surface area contributed by atoms with E-state index < -0.39 is 0 Å². The molecular formula is C14H11N5O. The molecule has 0 saturated carbocycles. The van der Waals surface area contributed by atoms with Crippen molar-refractivity contribution in [3.8, 4) is 17.9 Å². The van der Waals surface area contributed by atoms with E-state index in [2.05, 4.69) is 15.3 Å². The molecule has 6 heteroatoms. The van der Waals surface area contributed by atoms with Crippen molar-refractivity contribution < 1.29 is 4.74 Å². The fourth-order valence-electron chi connectivity index (χ4n) is 1.51. The summed E-state index contributed by atoms with van der Waals surface area (Å²) < 4.78 is 5.50. The SMILES string of the molecule is N#Cc1ccc(OCCNc2nccnc2C#N)cc1. The number of nitrogens with zero attached hydrogens (tertiary/aromatic N) is 4. The maximum absolute atomic E-state index is 8.85. The number of hydrogen-bond acceptors (Lipinski definition) is 6. The largest absolute Gasteiger partial charge is 0.492 e. The van der Waals surface area contributed by atoms with Crippen molar-refractivity contribution in [2.75, 3.05) is 18.5 Å². The normalized spacial score (nSPS) is 9.30. The molecule has 0 atom stereocenters. The molecular weight excluding hydrogens is 254 g/mol. The van der Waals surface area contributed by atoms with E-state index in [0.717, 1.165) is 0 Å². The van der Waals surface area contributed by atoms with Crippen molar-refractivity contribution in [2.24, 2.45) is 0 Å². The lowest BCUT2D eigenvalue weighted by atomic mass is 10.2. The highest BCUT2D eigenvalue weighted by Gasteiger charge is 2.02. The van der Waals surface area contributed by atoms with Gasteiger partial charge < -0.3 is 10.1 Å². The molecule has 2 rings (SSSR count). The minimum atomic E-state index is 0.255. The third-order valence-corrected chi connectivity index (χ3v) is 2.45. The summed E-state index contributed by atoms with van der Waals surface area (Å²) in [4.78, 5) is 7.92. The molecule has 1 heterocycles. The van der Waals surface area contributed by atoms with Crippen LogP contribution in [-0.2, 0) is 0 Å². The average Bonchev–Trinajstić information content (AvgIpc) is 2.52. The van der Waals surface area contributed by atoms with E-state index in [4.69, 9.17) is 15.3 Å². The highest BCUT2D eigenvalue weighted by Crippen LogP contribution is 2.11. The zero-order chi connectivity index (χ0) is 14.2. The lowest BCUT2D eigenvalue weighted by Crippen LogP contribution is -2.13. The van der Waals surface area contributed by atoms with Gasteiger partial charge in [-0.25, -0.2) is 9.97 Å². The first-order chi connectivity index (χ1) is 9.83. The number of aromatic nitrogens is 2. The topological polar surface area (TPSA) is 94.6 Å². The Bertz CT molecular complexity index is 654. The Balaban J connectivity index is 1.82. The Kier molecular flexibility index (Phi) is 4.47. The van der Waals surface area contributed by atoms with Gasteiger partial charge in [-0.15, -0.1) is 0 Å². The molecule has 2 aromatic rings. The third-order valence-electron chi connectivity index (χ3n) is 2.45. The molecule has 0 unspecified atom stereocenters. The van der Waals surface area contributed by atoms with Gasteiger partial charge in [0.05, 0.1) is 18.2 Å². The van der Waals surface area contributed by atoms with Gasteiger partial charge in [-0.2, -0.15) is 10.5 Å². The van der Waals surface area contributed by atoms with Crippen LogP contribution >= 0.6 is 0 Å². The molecule has 98 valence electrons. The maximum atomic E-state index is 8.85. The minimum Gasteiger partial charge on any atom is -0.492 e. The number of benzene rings is 1. The quantitative estimate of drug-likeness (QED) is 0.827. The van der Waals surface area contributed by atoms with Gasteiger partial charge >= 0.3 is 0 Å². The van der Waals surface area contributed by atoms with Gasteiger partial charge in [-0.05, 0) is 24.3 Å². The molecule has 0 saturated heterocycles. The summed E-state index contributed by atoms with van der Waals surface area (Å²) in [5, 5.41) is 20.5. The van der Waals surface area contributed by atoms with E-state index in [0.29, 0.717) is 30.3 Å². The number of rotatable bonds is 5. The van der Waals surface area contributed by atoms with Crippen LogP contribution in [0.2, 0.25) is 0 Å². The minimum absolute atomic E-state index is 0.255. The number of hydrogen-bond donors (Lipinski definition) is 1. The summed E-state index contributed by atoms with van der Waals surface area (Å²) in [7, 11) is 0. The van der Waals surface area contributed by atoms with Crippen LogP contribution in [0.3, 0.4) is 0 Å². The molecule has 0 fully saturated rings. The molecule has 0 radical (unpaired) electrons. The summed E-state index contributed by atoms with van der Waals surface area (Å²) in [6, 6.07) is 10.9. The van der Waals surface area contributed by atoms with Crippen LogP contribution in [0, 0.1) is 22.7 Å². The Labute approximate surface area is 116 Å². The van der Waals surface area contributed by atoms with Crippen molar-refractivity contribution in [2.45, 2.75) is 0 Å². The molecule has 1 aromatic heterocycles. The van der Waals surface area contributed by atoms with Gasteiger partial charge in [-0.3, -0.25) is 0 Å². The van der Waals surface area contributed by atoms with Crippen LogP contribution in [0.1, 0.15) is 11.3 Å². The zero-order valence-corrected chi connectivity index (χ0v) is 10.6. The Hall–Kier alpha value is -3.12. The van der Waals surface area contributed by atoms with Crippen molar-refractivity contribution >= 4 is 5.82 Å². The fraction of sp³-hybridized carbons (Fsp3) is 0.143. The van der Waals surface area contributed by atoms with E-state index in [1.807, 2.05) is 12.1 Å². The second-order valence-corrected chi connectivity index (χ2v) is 3.78.